The number of aryl methyl sites for hydroxylation is 1. The van der Waals surface area contributed by atoms with E-state index in [0.717, 1.165) is 5.01 Å². The van der Waals surface area contributed by atoms with E-state index in [1.807, 2.05) is 0 Å². The molecule has 0 aliphatic heterocycles. The minimum Gasteiger partial charge on any atom is -0.305 e. The van der Waals surface area contributed by atoms with Gasteiger partial charge in [0.2, 0.25) is 5.13 Å². The fourth-order valence-corrected chi connectivity index (χ4v) is 3.45. The summed E-state index contributed by atoms with van der Waals surface area (Å²) < 4.78 is 1.63. The molecule has 0 bridgehead atoms. The molecule has 0 aromatic carbocycles. The standard InChI is InChI=1S/C13H18N6OS/c1-19-8-10(7-14-19)15-12(20)16-13-18-17-11(21-13)9-5-3-2-4-6-9/h7-9H,2-6H2,1H3,(H2,15,16,18,20). The number of rotatable bonds is 3. The van der Waals surface area contributed by atoms with Gasteiger partial charge in [0, 0.05) is 19.2 Å². The van der Waals surface area contributed by atoms with Crippen LogP contribution < -0.4 is 10.6 Å². The molecule has 2 N–H and O–H groups in total. The number of aromatic nitrogens is 4. The van der Waals surface area contributed by atoms with Gasteiger partial charge in [0.25, 0.3) is 0 Å². The Kier molecular flexibility index (Phi) is 4.14. The lowest BCUT2D eigenvalue weighted by Crippen LogP contribution is -2.18. The average Bonchev–Trinajstić information content (AvgIpc) is 3.09. The zero-order valence-corrected chi connectivity index (χ0v) is 12.7. The van der Waals surface area contributed by atoms with Crippen molar-refractivity contribution in [2.75, 3.05) is 10.6 Å². The van der Waals surface area contributed by atoms with Crippen molar-refractivity contribution in [1.29, 1.82) is 0 Å². The number of nitrogens with one attached hydrogen (secondary N) is 2. The topological polar surface area (TPSA) is 84.7 Å². The van der Waals surface area contributed by atoms with Crippen LogP contribution in [0.4, 0.5) is 15.6 Å². The van der Waals surface area contributed by atoms with Crippen LogP contribution in [0.1, 0.15) is 43.0 Å². The summed E-state index contributed by atoms with van der Waals surface area (Å²) in [5, 5.41) is 19.3. The third-order valence-electron chi connectivity index (χ3n) is 3.58. The summed E-state index contributed by atoms with van der Waals surface area (Å²) in [6.45, 7) is 0. The van der Waals surface area contributed by atoms with Gasteiger partial charge in [-0.25, -0.2) is 4.79 Å². The van der Waals surface area contributed by atoms with Crippen LogP contribution in [-0.4, -0.2) is 26.0 Å². The van der Waals surface area contributed by atoms with E-state index in [1.54, 1.807) is 24.1 Å². The van der Waals surface area contributed by atoms with Gasteiger partial charge in [-0.1, -0.05) is 30.6 Å². The molecular weight excluding hydrogens is 288 g/mol. The quantitative estimate of drug-likeness (QED) is 0.913. The second-order valence-electron chi connectivity index (χ2n) is 5.26. The van der Waals surface area contributed by atoms with E-state index in [4.69, 9.17) is 0 Å². The monoisotopic (exact) mass is 306 g/mol. The second-order valence-corrected chi connectivity index (χ2v) is 6.27. The number of urea groups is 1. The summed E-state index contributed by atoms with van der Waals surface area (Å²) in [6, 6.07) is -0.325. The molecule has 3 rings (SSSR count). The molecule has 7 nitrogen and oxygen atoms in total. The minimum absolute atomic E-state index is 0.325. The zero-order chi connectivity index (χ0) is 14.7. The molecule has 0 spiro atoms. The lowest BCUT2D eigenvalue weighted by atomic mass is 9.90. The van der Waals surface area contributed by atoms with Crippen molar-refractivity contribution in [1.82, 2.24) is 20.0 Å². The van der Waals surface area contributed by atoms with Crippen molar-refractivity contribution in [2.24, 2.45) is 7.05 Å². The molecule has 112 valence electrons. The molecule has 0 atom stereocenters. The maximum atomic E-state index is 11.9. The second kappa shape index (κ2) is 6.21. The summed E-state index contributed by atoms with van der Waals surface area (Å²) in [6.07, 6.45) is 9.50. The predicted octanol–water partition coefficient (Wildman–Crippen LogP) is 2.96. The molecule has 2 amide bonds. The van der Waals surface area contributed by atoms with Crippen LogP contribution in [0.3, 0.4) is 0 Å². The highest BCUT2D eigenvalue weighted by molar-refractivity contribution is 7.15. The molecule has 1 fully saturated rings. The van der Waals surface area contributed by atoms with Gasteiger partial charge in [0.05, 0.1) is 11.9 Å². The lowest BCUT2D eigenvalue weighted by molar-refractivity contribution is 0.262. The molecule has 2 aromatic rings. The van der Waals surface area contributed by atoms with Crippen molar-refractivity contribution in [3.05, 3.63) is 17.4 Å². The van der Waals surface area contributed by atoms with Crippen molar-refractivity contribution in [3.8, 4) is 0 Å². The van der Waals surface area contributed by atoms with Gasteiger partial charge in [0.15, 0.2) is 0 Å². The number of carbonyl (C=O) groups excluding carboxylic acids is 1. The number of anilines is 2. The number of carbonyl (C=O) groups is 1. The van der Waals surface area contributed by atoms with Crippen LogP contribution in [0.15, 0.2) is 12.4 Å². The van der Waals surface area contributed by atoms with Crippen molar-refractivity contribution in [2.45, 2.75) is 38.0 Å². The maximum Gasteiger partial charge on any atom is 0.325 e. The first-order valence-corrected chi connectivity index (χ1v) is 7.92. The number of amides is 2. The van der Waals surface area contributed by atoms with Gasteiger partial charge in [-0.05, 0) is 12.8 Å². The van der Waals surface area contributed by atoms with Gasteiger partial charge < -0.3 is 5.32 Å². The molecule has 0 radical (unpaired) electrons. The molecule has 1 aliphatic rings. The summed E-state index contributed by atoms with van der Waals surface area (Å²) in [5.74, 6) is 0.508. The van der Waals surface area contributed by atoms with Gasteiger partial charge in [-0.3, -0.25) is 10.00 Å². The van der Waals surface area contributed by atoms with E-state index in [9.17, 15) is 4.79 Å². The Morgan fingerprint density at radius 2 is 2.10 bits per heavy atom. The summed E-state index contributed by atoms with van der Waals surface area (Å²) in [5.41, 5.74) is 0.645. The number of nitrogens with zero attached hydrogens (tertiary/aromatic N) is 4. The van der Waals surface area contributed by atoms with Gasteiger partial charge >= 0.3 is 6.03 Å². The number of hydrogen-bond acceptors (Lipinski definition) is 5. The molecule has 0 unspecified atom stereocenters. The first-order chi connectivity index (χ1) is 10.2. The fraction of sp³-hybridized carbons (Fsp3) is 0.538. The number of hydrogen-bond donors (Lipinski definition) is 2. The molecule has 1 saturated carbocycles. The van der Waals surface area contributed by atoms with Crippen molar-refractivity contribution >= 4 is 28.2 Å². The van der Waals surface area contributed by atoms with E-state index in [0.29, 0.717) is 16.7 Å². The highest BCUT2D eigenvalue weighted by Gasteiger charge is 2.20. The Morgan fingerprint density at radius 1 is 1.29 bits per heavy atom. The largest absolute Gasteiger partial charge is 0.325 e. The first kappa shape index (κ1) is 14.0. The Morgan fingerprint density at radius 3 is 2.81 bits per heavy atom. The summed E-state index contributed by atoms with van der Waals surface area (Å²) in [7, 11) is 1.80. The molecular formula is C13H18N6OS. The Bertz CT molecular complexity index is 616. The highest BCUT2D eigenvalue weighted by Crippen LogP contribution is 2.35. The molecule has 0 saturated heterocycles. The van der Waals surface area contributed by atoms with E-state index in [-0.39, 0.29) is 6.03 Å². The van der Waals surface area contributed by atoms with Crippen LogP contribution >= 0.6 is 11.3 Å². The molecule has 2 aromatic heterocycles. The molecule has 21 heavy (non-hydrogen) atoms. The van der Waals surface area contributed by atoms with Crippen LogP contribution in [0.2, 0.25) is 0 Å². The Labute approximate surface area is 126 Å². The van der Waals surface area contributed by atoms with Crippen LogP contribution in [0.5, 0.6) is 0 Å². The van der Waals surface area contributed by atoms with Crippen LogP contribution in [0, 0.1) is 0 Å². The Hall–Kier alpha value is -1.96. The smallest absolute Gasteiger partial charge is 0.305 e. The van der Waals surface area contributed by atoms with Crippen molar-refractivity contribution in [3.63, 3.8) is 0 Å². The summed E-state index contributed by atoms with van der Waals surface area (Å²) in [4.78, 5) is 11.9. The third kappa shape index (κ3) is 3.57. The van der Waals surface area contributed by atoms with Gasteiger partial charge in [-0.15, -0.1) is 10.2 Å². The molecule has 2 heterocycles. The molecule has 1 aliphatic carbocycles. The molecule has 8 heteroatoms. The lowest BCUT2D eigenvalue weighted by Gasteiger charge is -2.18. The van der Waals surface area contributed by atoms with Crippen LogP contribution in [0.25, 0.3) is 0 Å². The van der Waals surface area contributed by atoms with Gasteiger partial charge in [0.1, 0.15) is 5.01 Å². The van der Waals surface area contributed by atoms with Crippen LogP contribution in [-0.2, 0) is 7.05 Å². The zero-order valence-electron chi connectivity index (χ0n) is 11.9. The maximum absolute atomic E-state index is 11.9. The minimum atomic E-state index is -0.325. The third-order valence-corrected chi connectivity index (χ3v) is 4.58. The fourth-order valence-electron chi connectivity index (χ4n) is 2.54. The van der Waals surface area contributed by atoms with E-state index in [2.05, 4.69) is 25.9 Å². The van der Waals surface area contributed by atoms with E-state index in [1.165, 1.54) is 43.4 Å². The predicted molar refractivity (Wildman–Crippen MR) is 81.6 cm³/mol. The highest BCUT2D eigenvalue weighted by atomic mass is 32.1. The first-order valence-electron chi connectivity index (χ1n) is 7.11. The normalized spacial score (nSPS) is 15.9. The Balaban J connectivity index is 1.57. The van der Waals surface area contributed by atoms with Crippen molar-refractivity contribution < 1.29 is 4.79 Å². The summed E-state index contributed by atoms with van der Waals surface area (Å²) >= 11 is 1.47. The SMILES string of the molecule is Cn1cc(NC(=O)Nc2nnc(C3CCCCC3)s2)cn1. The average molecular weight is 306 g/mol. The van der Waals surface area contributed by atoms with Gasteiger partial charge in [-0.2, -0.15) is 5.10 Å². The van der Waals surface area contributed by atoms with E-state index < -0.39 is 0 Å². The van der Waals surface area contributed by atoms with E-state index >= 15 is 0 Å².